The number of hydrogen-bond donors (Lipinski definition) is 2. The molecule has 4 nitrogen and oxygen atoms in total. The van der Waals surface area contributed by atoms with Gasteiger partial charge in [0.2, 0.25) is 0 Å². The average molecular weight is 290 g/mol. The van der Waals surface area contributed by atoms with E-state index in [1.54, 1.807) is 18.5 Å². The zero-order chi connectivity index (χ0) is 14.5. The highest BCUT2D eigenvalue weighted by atomic mass is 35.5. The smallest absolute Gasteiger partial charge is 0.319 e. The number of rotatable bonds is 3. The van der Waals surface area contributed by atoms with Crippen LogP contribution in [0.1, 0.15) is 24.1 Å². The lowest BCUT2D eigenvalue weighted by Crippen LogP contribution is -2.31. The van der Waals surface area contributed by atoms with Crippen molar-refractivity contribution in [2.75, 3.05) is 5.32 Å². The molecule has 0 unspecified atom stereocenters. The standard InChI is InChI=1S/C15H16ClN3O/c1-10-5-6-14(13(16)8-10)19-15(20)18-11(2)12-4-3-7-17-9-12/h3-9,11H,1-2H3,(H2,18,19,20)/t11-/m0/s1. The number of nitrogens with zero attached hydrogens (tertiary/aromatic N) is 1. The summed E-state index contributed by atoms with van der Waals surface area (Å²) in [6.07, 6.45) is 3.42. The molecule has 0 fully saturated rings. The van der Waals surface area contributed by atoms with Gasteiger partial charge >= 0.3 is 6.03 Å². The number of amides is 2. The fourth-order valence-electron chi connectivity index (χ4n) is 1.79. The number of halogens is 1. The number of benzene rings is 1. The summed E-state index contributed by atoms with van der Waals surface area (Å²) in [7, 11) is 0. The fraction of sp³-hybridized carbons (Fsp3) is 0.200. The number of urea groups is 1. The second-order valence-corrected chi connectivity index (χ2v) is 5.00. The van der Waals surface area contributed by atoms with Crippen LogP contribution in [0.25, 0.3) is 0 Å². The molecule has 20 heavy (non-hydrogen) atoms. The third kappa shape index (κ3) is 3.71. The van der Waals surface area contributed by atoms with E-state index in [2.05, 4.69) is 15.6 Å². The Morgan fingerprint density at radius 3 is 2.80 bits per heavy atom. The number of carbonyl (C=O) groups excluding carboxylic acids is 1. The van der Waals surface area contributed by atoms with Gasteiger partial charge in [0, 0.05) is 12.4 Å². The molecule has 2 N–H and O–H groups in total. The van der Waals surface area contributed by atoms with Gasteiger partial charge in [-0.25, -0.2) is 4.79 Å². The van der Waals surface area contributed by atoms with Gasteiger partial charge in [0.05, 0.1) is 16.8 Å². The minimum atomic E-state index is -0.299. The first-order chi connectivity index (χ1) is 9.56. The lowest BCUT2D eigenvalue weighted by molar-refractivity contribution is 0.249. The topological polar surface area (TPSA) is 54.0 Å². The van der Waals surface area contributed by atoms with Crippen LogP contribution in [-0.2, 0) is 0 Å². The van der Waals surface area contributed by atoms with Gasteiger partial charge in [-0.2, -0.15) is 0 Å². The highest BCUT2D eigenvalue weighted by Gasteiger charge is 2.10. The molecule has 0 radical (unpaired) electrons. The van der Waals surface area contributed by atoms with Crippen LogP contribution in [0.3, 0.4) is 0 Å². The van der Waals surface area contributed by atoms with Crippen molar-refractivity contribution in [2.45, 2.75) is 19.9 Å². The fourth-order valence-corrected chi connectivity index (χ4v) is 2.07. The van der Waals surface area contributed by atoms with Crippen LogP contribution in [0, 0.1) is 6.92 Å². The maximum atomic E-state index is 11.9. The molecule has 1 aromatic carbocycles. The van der Waals surface area contributed by atoms with Crippen LogP contribution < -0.4 is 10.6 Å². The van der Waals surface area contributed by atoms with Gasteiger partial charge in [-0.3, -0.25) is 4.98 Å². The lowest BCUT2D eigenvalue weighted by Gasteiger charge is -2.15. The minimum Gasteiger partial charge on any atom is -0.331 e. The van der Waals surface area contributed by atoms with Crippen LogP contribution in [0.5, 0.6) is 0 Å². The number of aromatic nitrogens is 1. The van der Waals surface area contributed by atoms with Crippen molar-refractivity contribution in [3.8, 4) is 0 Å². The first-order valence-electron chi connectivity index (χ1n) is 6.30. The van der Waals surface area contributed by atoms with E-state index in [1.165, 1.54) is 0 Å². The van der Waals surface area contributed by atoms with E-state index in [0.717, 1.165) is 11.1 Å². The van der Waals surface area contributed by atoms with E-state index in [0.29, 0.717) is 10.7 Å². The number of hydrogen-bond acceptors (Lipinski definition) is 2. The SMILES string of the molecule is Cc1ccc(NC(=O)N[C@@H](C)c2cccnc2)c(Cl)c1. The van der Waals surface area contributed by atoms with Crippen molar-refractivity contribution < 1.29 is 4.79 Å². The summed E-state index contributed by atoms with van der Waals surface area (Å²) >= 11 is 6.07. The minimum absolute atomic E-state index is 0.132. The summed E-state index contributed by atoms with van der Waals surface area (Å²) in [6.45, 7) is 3.84. The third-order valence-electron chi connectivity index (χ3n) is 2.90. The first-order valence-corrected chi connectivity index (χ1v) is 6.67. The summed E-state index contributed by atoms with van der Waals surface area (Å²) in [5, 5.41) is 6.10. The van der Waals surface area contributed by atoms with Crippen LogP contribution in [0.4, 0.5) is 10.5 Å². The molecule has 0 aliphatic heterocycles. The van der Waals surface area contributed by atoms with Crippen molar-refractivity contribution in [1.29, 1.82) is 0 Å². The average Bonchev–Trinajstić information content (AvgIpc) is 2.43. The van der Waals surface area contributed by atoms with Gasteiger partial charge in [0.15, 0.2) is 0 Å². The number of nitrogens with one attached hydrogen (secondary N) is 2. The van der Waals surface area contributed by atoms with Crippen molar-refractivity contribution in [3.05, 3.63) is 58.9 Å². The van der Waals surface area contributed by atoms with Crippen LogP contribution in [0.15, 0.2) is 42.7 Å². The highest BCUT2D eigenvalue weighted by Crippen LogP contribution is 2.22. The maximum Gasteiger partial charge on any atom is 0.319 e. The Morgan fingerprint density at radius 2 is 2.15 bits per heavy atom. The van der Waals surface area contributed by atoms with E-state index in [9.17, 15) is 4.79 Å². The molecule has 1 heterocycles. The molecular formula is C15H16ClN3O. The Morgan fingerprint density at radius 1 is 1.35 bits per heavy atom. The van der Waals surface area contributed by atoms with Gasteiger partial charge in [-0.05, 0) is 43.2 Å². The molecule has 0 saturated heterocycles. The van der Waals surface area contributed by atoms with Crippen LogP contribution in [0.2, 0.25) is 5.02 Å². The summed E-state index contributed by atoms with van der Waals surface area (Å²) in [6, 6.07) is 8.80. The lowest BCUT2D eigenvalue weighted by atomic mass is 10.1. The third-order valence-corrected chi connectivity index (χ3v) is 3.22. The van der Waals surface area contributed by atoms with Crippen LogP contribution >= 0.6 is 11.6 Å². The molecule has 0 aliphatic carbocycles. The Balaban J connectivity index is 1.99. The number of pyridine rings is 1. The van der Waals surface area contributed by atoms with Gasteiger partial charge in [-0.1, -0.05) is 23.7 Å². The molecule has 0 bridgehead atoms. The van der Waals surface area contributed by atoms with E-state index in [4.69, 9.17) is 11.6 Å². The zero-order valence-electron chi connectivity index (χ0n) is 11.4. The molecule has 1 atom stereocenters. The quantitative estimate of drug-likeness (QED) is 0.899. The van der Waals surface area contributed by atoms with Crippen molar-refractivity contribution >= 4 is 23.3 Å². The molecular weight excluding hydrogens is 274 g/mol. The second kappa shape index (κ2) is 6.39. The number of anilines is 1. The molecule has 104 valence electrons. The molecule has 2 aromatic rings. The zero-order valence-corrected chi connectivity index (χ0v) is 12.1. The largest absolute Gasteiger partial charge is 0.331 e. The summed E-state index contributed by atoms with van der Waals surface area (Å²) in [4.78, 5) is 16.0. The van der Waals surface area contributed by atoms with E-state index >= 15 is 0 Å². The first kappa shape index (κ1) is 14.3. The van der Waals surface area contributed by atoms with Crippen molar-refractivity contribution in [3.63, 3.8) is 0 Å². The molecule has 2 rings (SSSR count). The van der Waals surface area contributed by atoms with Crippen LogP contribution in [-0.4, -0.2) is 11.0 Å². The maximum absolute atomic E-state index is 11.9. The summed E-state index contributed by atoms with van der Waals surface area (Å²) < 4.78 is 0. The Labute approximate surface area is 123 Å². The Hall–Kier alpha value is -2.07. The van der Waals surface area contributed by atoms with Crippen molar-refractivity contribution in [2.24, 2.45) is 0 Å². The second-order valence-electron chi connectivity index (χ2n) is 4.59. The molecule has 2 amide bonds. The van der Waals surface area contributed by atoms with E-state index in [1.807, 2.05) is 38.1 Å². The molecule has 0 aliphatic rings. The highest BCUT2D eigenvalue weighted by molar-refractivity contribution is 6.33. The summed E-state index contributed by atoms with van der Waals surface area (Å²) in [5.74, 6) is 0. The molecule has 5 heteroatoms. The predicted molar refractivity (Wildman–Crippen MR) is 81.0 cm³/mol. The number of aryl methyl sites for hydroxylation is 1. The van der Waals surface area contributed by atoms with E-state index in [-0.39, 0.29) is 12.1 Å². The predicted octanol–water partition coefficient (Wildman–Crippen LogP) is 3.93. The van der Waals surface area contributed by atoms with Gasteiger partial charge in [-0.15, -0.1) is 0 Å². The van der Waals surface area contributed by atoms with Gasteiger partial charge < -0.3 is 10.6 Å². The Kier molecular flexibility index (Phi) is 4.58. The van der Waals surface area contributed by atoms with E-state index < -0.39 is 0 Å². The molecule has 0 saturated carbocycles. The normalized spacial score (nSPS) is 11.8. The summed E-state index contributed by atoms with van der Waals surface area (Å²) in [5.41, 5.74) is 2.58. The molecule has 0 spiro atoms. The Bertz CT molecular complexity index is 601. The molecule has 1 aromatic heterocycles. The van der Waals surface area contributed by atoms with Gasteiger partial charge in [0.1, 0.15) is 0 Å². The monoisotopic (exact) mass is 289 g/mol. The van der Waals surface area contributed by atoms with Crippen molar-refractivity contribution in [1.82, 2.24) is 10.3 Å². The van der Waals surface area contributed by atoms with Gasteiger partial charge in [0.25, 0.3) is 0 Å². The number of carbonyl (C=O) groups is 1.